The van der Waals surface area contributed by atoms with Crippen molar-refractivity contribution in [2.24, 2.45) is 0 Å². The number of aliphatic carboxylic acids is 6. The molecule has 0 fully saturated rings. The Hall–Kier alpha value is -0.300. The van der Waals surface area contributed by atoms with Crippen molar-refractivity contribution in [3.8, 4) is 0 Å². The van der Waals surface area contributed by atoms with E-state index in [0.717, 1.165) is 0 Å². The van der Waals surface area contributed by atoms with E-state index in [0.29, 0.717) is 0 Å². The van der Waals surface area contributed by atoms with Crippen molar-refractivity contribution in [1.82, 2.24) is 0 Å². The molecule has 159 valence electrons. The normalized spacial score (nSPS) is 9.40. The molecule has 0 unspecified atom stereocenters. The van der Waals surface area contributed by atoms with Gasteiger partial charge in [-0.2, -0.15) is 0 Å². The molecule has 0 saturated heterocycles. The molecule has 0 aliphatic rings. The number of aliphatic hydroxyl groups is 2. The van der Waals surface area contributed by atoms with E-state index in [1.807, 2.05) is 0 Å². The maximum atomic E-state index is 10.3. The fraction of sp³-hybridized carbons (Fsp3) is 0.500. The van der Waals surface area contributed by atoms with E-state index in [1.54, 1.807) is 0 Å². The number of carbonyl (C=O) groups is 6. The molecule has 18 heteroatoms. The van der Waals surface area contributed by atoms with Gasteiger partial charge in [0, 0.05) is 88.7 Å². The first-order valence-electron chi connectivity index (χ1n) is 6.34. The molecule has 10 N–H and O–H groups in total. The number of carboxylic acid groups (broad SMARTS) is 6. The zero-order valence-electron chi connectivity index (χ0n) is 16.4. The summed E-state index contributed by atoms with van der Waals surface area (Å²) in [6.45, 7) is 0. The molecule has 30 heavy (non-hydrogen) atoms. The zero-order valence-corrected chi connectivity index (χ0v) is 22.4. The van der Waals surface area contributed by atoms with E-state index < -0.39 is 72.7 Å². The Morgan fingerprint density at radius 2 is 0.600 bits per heavy atom. The third-order valence-electron chi connectivity index (χ3n) is 2.57. The molecule has 0 heterocycles. The first-order chi connectivity index (χ1) is 11.6. The molecule has 0 aliphatic carbocycles. The molecular formula is C12H18Na3O15. The van der Waals surface area contributed by atoms with Crippen molar-refractivity contribution < 1.29 is 75.1 Å². The Balaban J connectivity index is -0.0000000847. The summed E-state index contributed by atoms with van der Waals surface area (Å²) in [4.78, 5) is 61.0. The first-order valence-corrected chi connectivity index (χ1v) is 6.34. The monoisotopic (exact) mass is 471 g/mol. The Bertz CT molecular complexity index is 522. The average molecular weight is 471 g/mol. The number of rotatable bonds is 10. The summed E-state index contributed by atoms with van der Waals surface area (Å²) < 4.78 is 0. The zero-order chi connectivity index (χ0) is 21.3. The van der Waals surface area contributed by atoms with Crippen molar-refractivity contribution in [1.29, 1.82) is 0 Å². The summed E-state index contributed by atoms with van der Waals surface area (Å²) in [5.74, 6) is -10.0. The maximum absolute atomic E-state index is 10.3. The van der Waals surface area contributed by atoms with Crippen molar-refractivity contribution in [3.05, 3.63) is 0 Å². The van der Waals surface area contributed by atoms with Crippen LogP contribution >= 0.6 is 0 Å². The molecule has 0 spiro atoms. The van der Waals surface area contributed by atoms with Crippen LogP contribution < -0.4 is 0 Å². The Labute approximate surface area is 234 Å². The van der Waals surface area contributed by atoms with Gasteiger partial charge in [-0.3, -0.25) is 19.2 Å². The van der Waals surface area contributed by atoms with Crippen molar-refractivity contribution in [2.45, 2.75) is 36.9 Å². The van der Waals surface area contributed by atoms with E-state index in [1.165, 1.54) is 0 Å². The van der Waals surface area contributed by atoms with Crippen molar-refractivity contribution in [2.75, 3.05) is 0 Å². The maximum Gasteiger partial charge on any atom is 0.336 e. The predicted molar refractivity (Wildman–Crippen MR) is 95.1 cm³/mol. The molecule has 0 aromatic rings. The smallest absolute Gasteiger partial charge is 0.336 e. The van der Waals surface area contributed by atoms with Gasteiger partial charge in [0.15, 0.2) is 11.2 Å². The molecule has 0 aromatic heterocycles. The Morgan fingerprint density at radius 1 is 0.467 bits per heavy atom. The fourth-order valence-electron chi connectivity index (χ4n) is 1.43. The second-order valence-electron chi connectivity index (χ2n) is 4.96. The summed E-state index contributed by atoms with van der Waals surface area (Å²) in [6, 6.07) is 0. The van der Waals surface area contributed by atoms with Crippen LogP contribution in [0.4, 0.5) is 0 Å². The summed E-state index contributed by atoms with van der Waals surface area (Å²) in [5.41, 5.74) is -5.48. The van der Waals surface area contributed by atoms with Gasteiger partial charge in [0.2, 0.25) is 0 Å². The van der Waals surface area contributed by atoms with Gasteiger partial charge in [0.05, 0.1) is 25.7 Å². The molecule has 0 atom stereocenters. The first kappa shape index (κ1) is 43.6. The van der Waals surface area contributed by atoms with Crippen LogP contribution in [0.25, 0.3) is 0 Å². The molecular weight excluding hydrogens is 453 g/mol. The molecule has 0 aromatic carbocycles. The molecule has 0 bridgehead atoms. The van der Waals surface area contributed by atoms with Crippen LogP contribution in [0.5, 0.6) is 0 Å². The standard InChI is InChI=1S/2C6H8O7.3Na.H2O/c2*7-3(8)1-6(13,5(11)12)2-4(9)10;;;;/h2*13H,1-2H2,(H,7,8)(H,9,10)(H,11,12);;;;1H2. The van der Waals surface area contributed by atoms with Crippen LogP contribution in [-0.2, 0) is 28.8 Å². The van der Waals surface area contributed by atoms with Crippen LogP contribution in [0.3, 0.4) is 0 Å². The third kappa shape index (κ3) is 19.7. The number of hydrogen-bond donors (Lipinski definition) is 8. The Kier molecular flexibility index (Phi) is 28.2. The topological polar surface area (TPSA) is 296 Å². The summed E-state index contributed by atoms with van der Waals surface area (Å²) in [5, 5.41) is 67.6. The molecule has 0 amide bonds. The summed E-state index contributed by atoms with van der Waals surface area (Å²) in [7, 11) is 0. The van der Waals surface area contributed by atoms with Gasteiger partial charge in [-0.15, -0.1) is 0 Å². The van der Waals surface area contributed by atoms with E-state index in [9.17, 15) is 28.8 Å². The Morgan fingerprint density at radius 3 is 0.667 bits per heavy atom. The van der Waals surface area contributed by atoms with Gasteiger partial charge >= 0.3 is 35.8 Å². The van der Waals surface area contributed by atoms with Gasteiger partial charge in [0.25, 0.3) is 0 Å². The van der Waals surface area contributed by atoms with Gasteiger partial charge in [-0.25, -0.2) is 9.59 Å². The van der Waals surface area contributed by atoms with Gasteiger partial charge in [-0.05, 0) is 0 Å². The second kappa shape index (κ2) is 19.4. The minimum absolute atomic E-state index is 0. The molecule has 3 radical (unpaired) electrons. The van der Waals surface area contributed by atoms with Gasteiger partial charge in [0.1, 0.15) is 0 Å². The van der Waals surface area contributed by atoms with Gasteiger partial charge < -0.3 is 46.3 Å². The predicted octanol–water partition coefficient (Wildman–Crippen LogP) is -4.46. The minimum atomic E-state index is -2.74. The second-order valence-corrected chi connectivity index (χ2v) is 4.96. The fourth-order valence-corrected chi connectivity index (χ4v) is 1.43. The van der Waals surface area contributed by atoms with E-state index in [2.05, 4.69) is 0 Å². The van der Waals surface area contributed by atoms with E-state index in [-0.39, 0.29) is 94.1 Å². The van der Waals surface area contributed by atoms with Crippen LogP contribution in [0.1, 0.15) is 25.7 Å². The average Bonchev–Trinajstić information content (AvgIpc) is 2.34. The van der Waals surface area contributed by atoms with E-state index in [4.69, 9.17) is 40.9 Å². The van der Waals surface area contributed by atoms with E-state index >= 15 is 0 Å². The van der Waals surface area contributed by atoms with Crippen LogP contribution in [0, 0.1) is 0 Å². The SMILES string of the molecule is O.O=C(O)CC(O)(CC(=O)O)C(=O)O.O=C(O)CC(O)(CC(=O)O)C(=O)O.[Na].[Na].[Na]. The van der Waals surface area contributed by atoms with Crippen LogP contribution in [0.15, 0.2) is 0 Å². The summed E-state index contributed by atoms with van der Waals surface area (Å²) >= 11 is 0. The molecule has 15 nitrogen and oxygen atoms in total. The number of hydrogen-bond acceptors (Lipinski definition) is 8. The minimum Gasteiger partial charge on any atom is -0.481 e. The van der Waals surface area contributed by atoms with Crippen molar-refractivity contribution >= 4 is 124 Å². The van der Waals surface area contributed by atoms with Crippen LogP contribution in [-0.4, -0.2) is 182 Å². The molecule has 0 rings (SSSR count). The quantitative estimate of drug-likeness (QED) is 0.139. The third-order valence-corrected chi connectivity index (χ3v) is 2.57. The number of carboxylic acids is 6. The largest absolute Gasteiger partial charge is 0.481 e. The molecule has 0 saturated carbocycles. The molecule has 0 aliphatic heterocycles. The van der Waals surface area contributed by atoms with Crippen molar-refractivity contribution in [3.63, 3.8) is 0 Å². The van der Waals surface area contributed by atoms with Gasteiger partial charge in [-0.1, -0.05) is 0 Å². The summed E-state index contributed by atoms with van der Waals surface area (Å²) in [6.07, 6.45) is -4.58. The van der Waals surface area contributed by atoms with Crippen LogP contribution in [0.2, 0.25) is 0 Å².